The quantitative estimate of drug-likeness (QED) is 0.522. The highest BCUT2D eigenvalue weighted by Crippen LogP contribution is 2.36. The highest BCUT2D eigenvalue weighted by atomic mass is 32.1. The van der Waals surface area contributed by atoms with Gasteiger partial charge in [-0.2, -0.15) is 0 Å². The van der Waals surface area contributed by atoms with Gasteiger partial charge >= 0.3 is 12.0 Å². The number of thiophene rings is 1. The van der Waals surface area contributed by atoms with Gasteiger partial charge in [0.05, 0.1) is 16.8 Å². The van der Waals surface area contributed by atoms with Crippen molar-refractivity contribution in [2.45, 2.75) is 32.6 Å². The lowest BCUT2D eigenvalue weighted by atomic mass is 9.86. The molecule has 7 nitrogen and oxygen atoms in total. The fourth-order valence-corrected chi connectivity index (χ4v) is 4.58. The zero-order chi connectivity index (χ0) is 23.2. The first-order chi connectivity index (χ1) is 16.1. The van der Waals surface area contributed by atoms with E-state index in [2.05, 4.69) is 22.8 Å². The standard InChI is InChI=1S/C25H25N3O4S/c1-2-12-26-25(31)28-21(29)15-32-24(30)22-18-9-3-4-11-20(18)27-23-16(7-5-10-19(22)23)14-17-8-6-13-33-17/h3-4,6,8-9,11,13-14H,2,5,7,10,12,15H2,1H3,(H2,26,28,29,31). The summed E-state index contributed by atoms with van der Waals surface area (Å²) in [5, 5.41) is 7.43. The van der Waals surface area contributed by atoms with Crippen LogP contribution in [0.25, 0.3) is 22.6 Å². The molecule has 2 heterocycles. The van der Waals surface area contributed by atoms with Gasteiger partial charge in [-0.05, 0) is 60.4 Å². The Morgan fingerprint density at radius 3 is 2.79 bits per heavy atom. The van der Waals surface area contributed by atoms with E-state index >= 15 is 0 Å². The van der Waals surface area contributed by atoms with Crippen LogP contribution >= 0.6 is 11.3 Å². The van der Waals surface area contributed by atoms with Gasteiger partial charge in [0.25, 0.3) is 5.91 Å². The van der Waals surface area contributed by atoms with Crippen LogP contribution < -0.4 is 10.6 Å². The van der Waals surface area contributed by atoms with Crippen LogP contribution in [0.2, 0.25) is 0 Å². The van der Waals surface area contributed by atoms with Gasteiger partial charge in [0.2, 0.25) is 0 Å². The molecule has 2 aromatic heterocycles. The lowest BCUT2D eigenvalue weighted by Gasteiger charge is -2.22. The van der Waals surface area contributed by atoms with Gasteiger partial charge in [-0.25, -0.2) is 14.6 Å². The van der Waals surface area contributed by atoms with Crippen LogP contribution in [0.4, 0.5) is 4.79 Å². The molecule has 0 fully saturated rings. The molecule has 3 amide bonds. The number of urea groups is 1. The Kier molecular flexibility index (Phi) is 7.14. The second kappa shape index (κ2) is 10.4. The van der Waals surface area contributed by atoms with Crippen LogP contribution in [0, 0.1) is 0 Å². The number of ether oxygens (including phenoxy) is 1. The minimum atomic E-state index is -0.678. The number of aromatic nitrogens is 1. The fourth-order valence-electron chi connectivity index (χ4n) is 3.90. The molecule has 0 radical (unpaired) electrons. The van der Waals surface area contributed by atoms with E-state index in [1.807, 2.05) is 42.6 Å². The van der Waals surface area contributed by atoms with Crippen LogP contribution in [0.1, 0.15) is 52.7 Å². The van der Waals surface area contributed by atoms with Gasteiger partial charge in [0.15, 0.2) is 6.61 Å². The summed E-state index contributed by atoms with van der Waals surface area (Å²) in [6, 6.07) is 10.9. The first kappa shape index (κ1) is 22.7. The van der Waals surface area contributed by atoms with E-state index in [-0.39, 0.29) is 0 Å². The largest absolute Gasteiger partial charge is 0.452 e. The highest BCUT2D eigenvalue weighted by Gasteiger charge is 2.26. The maximum Gasteiger partial charge on any atom is 0.339 e. The SMILES string of the molecule is CCCNC(=O)NC(=O)COC(=O)c1c2c(nc3ccccc13)C(=Cc1cccs1)CCC2. The molecule has 1 aliphatic rings. The van der Waals surface area contributed by atoms with E-state index in [9.17, 15) is 14.4 Å². The van der Waals surface area contributed by atoms with Crippen molar-refractivity contribution in [3.63, 3.8) is 0 Å². The number of amides is 3. The molecular weight excluding hydrogens is 438 g/mol. The van der Waals surface area contributed by atoms with Gasteiger partial charge in [-0.1, -0.05) is 31.2 Å². The van der Waals surface area contributed by atoms with Gasteiger partial charge < -0.3 is 10.1 Å². The molecule has 0 bridgehead atoms. The Labute approximate surface area is 195 Å². The molecule has 0 atom stereocenters. The monoisotopic (exact) mass is 463 g/mol. The number of allylic oxidation sites excluding steroid dienone is 1. The summed E-state index contributed by atoms with van der Waals surface area (Å²) in [5.41, 5.74) is 3.88. The van der Waals surface area contributed by atoms with Gasteiger partial charge in [0.1, 0.15) is 0 Å². The molecule has 2 N–H and O–H groups in total. The molecular formula is C25H25N3O4S. The van der Waals surface area contributed by atoms with Crippen molar-refractivity contribution >= 4 is 51.8 Å². The summed E-state index contributed by atoms with van der Waals surface area (Å²) < 4.78 is 5.33. The number of pyridine rings is 1. The van der Waals surface area contributed by atoms with Crippen LogP contribution in [-0.2, 0) is 16.0 Å². The molecule has 8 heteroatoms. The average Bonchev–Trinajstić information content (AvgIpc) is 3.33. The number of fused-ring (bicyclic) bond motifs is 2. The van der Waals surface area contributed by atoms with Gasteiger partial charge in [-0.3, -0.25) is 10.1 Å². The topological polar surface area (TPSA) is 97.4 Å². The first-order valence-electron chi connectivity index (χ1n) is 11.0. The number of nitrogens with zero attached hydrogens (tertiary/aromatic N) is 1. The summed E-state index contributed by atoms with van der Waals surface area (Å²) in [7, 11) is 0. The summed E-state index contributed by atoms with van der Waals surface area (Å²) in [4.78, 5) is 42.9. The maximum atomic E-state index is 13.2. The summed E-state index contributed by atoms with van der Waals surface area (Å²) in [6.07, 6.45) is 5.34. The van der Waals surface area contributed by atoms with Crippen LogP contribution in [0.5, 0.6) is 0 Å². The average molecular weight is 464 g/mol. The normalized spacial score (nSPS) is 14.0. The lowest BCUT2D eigenvalue weighted by Crippen LogP contribution is -2.41. The third-order valence-electron chi connectivity index (χ3n) is 5.36. The number of esters is 1. The van der Waals surface area contributed by atoms with E-state index in [4.69, 9.17) is 9.72 Å². The minimum Gasteiger partial charge on any atom is -0.452 e. The number of hydrogen-bond donors (Lipinski definition) is 2. The Bertz CT molecular complexity index is 1220. The van der Waals surface area contributed by atoms with E-state index < -0.39 is 24.5 Å². The number of benzene rings is 1. The Morgan fingerprint density at radius 1 is 1.15 bits per heavy atom. The summed E-state index contributed by atoms with van der Waals surface area (Å²) >= 11 is 1.65. The molecule has 0 saturated heterocycles. The van der Waals surface area contributed by atoms with E-state index in [1.54, 1.807) is 11.3 Å². The molecule has 4 rings (SSSR count). The lowest BCUT2D eigenvalue weighted by molar-refractivity contribution is -0.123. The van der Waals surface area contributed by atoms with Crippen molar-refractivity contribution in [1.29, 1.82) is 0 Å². The third-order valence-corrected chi connectivity index (χ3v) is 6.18. The van der Waals surface area contributed by atoms with E-state index in [0.29, 0.717) is 29.4 Å². The fraction of sp³-hybridized carbons (Fsp3) is 0.280. The van der Waals surface area contributed by atoms with Crippen molar-refractivity contribution in [3.8, 4) is 0 Å². The predicted molar refractivity (Wildman–Crippen MR) is 129 cm³/mol. The number of para-hydroxylation sites is 1. The first-order valence-corrected chi connectivity index (χ1v) is 11.9. The molecule has 33 heavy (non-hydrogen) atoms. The van der Waals surface area contributed by atoms with E-state index in [1.165, 1.54) is 0 Å². The minimum absolute atomic E-state index is 0.440. The number of carbonyl (C=O) groups excluding carboxylic acids is 3. The number of nitrogens with one attached hydrogen (secondary N) is 2. The van der Waals surface area contributed by atoms with Gasteiger partial charge in [-0.15, -0.1) is 11.3 Å². The maximum absolute atomic E-state index is 13.2. The third kappa shape index (κ3) is 5.28. The van der Waals surface area contributed by atoms with Crippen LogP contribution in [0.15, 0.2) is 41.8 Å². The van der Waals surface area contributed by atoms with Crippen LogP contribution in [0.3, 0.4) is 0 Å². The zero-order valence-corrected chi connectivity index (χ0v) is 19.2. The Hall–Kier alpha value is -3.52. The Balaban J connectivity index is 1.62. The second-order valence-corrected chi connectivity index (χ2v) is 8.73. The number of rotatable bonds is 6. The molecule has 3 aromatic rings. The molecule has 0 saturated carbocycles. The molecule has 1 aliphatic carbocycles. The smallest absolute Gasteiger partial charge is 0.339 e. The van der Waals surface area contributed by atoms with Crippen LogP contribution in [-0.4, -0.2) is 36.0 Å². The second-order valence-electron chi connectivity index (χ2n) is 7.75. The van der Waals surface area contributed by atoms with Crippen molar-refractivity contribution in [1.82, 2.24) is 15.6 Å². The summed E-state index contributed by atoms with van der Waals surface area (Å²) in [5.74, 6) is -1.27. The molecule has 1 aromatic carbocycles. The number of hydrogen-bond acceptors (Lipinski definition) is 6. The molecule has 0 spiro atoms. The van der Waals surface area contributed by atoms with Crippen molar-refractivity contribution < 1.29 is 19.1 Å². The van der Waals surface area contributed by atoms with E-state index in [0.717, 1.165) is 41.0 Å². The van der Waals surface area contributed by atoms with Crippen molar-refractivity contribution in [2.24, 2.45) is 0 Å². The van der Waals surface area contributed by atoms with Crippen molar-refractivity contribution in [2.75, 3.05) is 13.2 Å². The Morgan fingerprint density at radius 2 is 2.00 bits per heavy atom. The number of carbonyl (C=O) groups is 3. The molecule has 0 unspecified atom stereocenters. The molecule has 0 aliphatic heterocycles. The zero-order valence-electron chi connectivity index (χ0n) is 18.3. The van der Waals surface area contributed by atoms with Gasteiger partial charge in [0, 0.05) is 16.8 Å². The number of imide groups is 1. The van der Waals surface area contributed by atoms with Crippen molar-refractivity contribution in [3.05, 3.63) is 63.5 Å². The molecule has 170 valence electrons. The predicted octanol–water partition coefficient (Wildman–Crippen LogP) is 4.57. The summed E-state index contributed by atoms with van der Waals surface area (Å²) in [6.45, 7) is 1.82. The highest BCUT2D eigenvalue weighted by molar-refractivity contribution is 7.10.